The van der Waals surface area contributed by atoms with Crippen LogP contribution in [0.25, 0.3) is 0 Å². The first-order valence-corrected chi connectivity index (χ1v) is 10.3. The molecule has 3 N–H and O–H groups in total. The number of hydrogen-bond acceptors (Lipinski definition) is 4. The first-order chi connectivity index (χ1) is 13.9. The van der Waals surface area contributed by atoms with Crippen LogP contribution in [0.3, 0.4) is 0 Å². The number of benzene rings is 2. The Labute approximate surface area is 173 Å². The summed E-state index contributed by atoms with van der Waals surface area (Å²) in [6, 6.07) is 18.5. The first kappa shape index (κ1) is 21.3. The predicted molar refractivity (Wildman–Crippen MR) is 115 cm³/mol. The van der Waals surface area contributed by atoms with Crippen molar-refractivity contribution in [2.75, 3.05) is 26.2 Å². The molecule has 1 saturated heterocycles. The second-order valence-electron chi connectivity index (χ2n) is 8.46. The number of β-amino-alcohol motifs (C(OH)–C–C–N with tert-alkyl or cyclic N) is 1. The Morgan fingerprint density at radius 3 is 2.28 bits per heavy atom. The molecule has 1 unspecified atom stereocenters. The number of likely N-dealkylation sites (tertiary alicyclic amines) is 1. The third-order valence-electron chi connectivity index (χ3n) is 5.97. The number of nitrogens with two attached hydrogens (primary N) is 1. The van der Waals surface area contributed by atoms with Crippen molar-refractivity contribution in [1.29, 1.82) is 0 Å². The van der Waals surface area contributed by atoms with Crippen LogP contribution in [0, 0.1) is 5.92 Å². The summed E-state index contributed by atoms with van der Waals surface area (Å²) in [6.45, 7) is 6.79. The van der Waals surface area contributed by atoms with Crippen LogP contribution in [0.4, 0.5) is 0 Å². The molecule has 5 nitrogen and oxygen atoms in total. The number of ether oxygens (including phenoxy) is 1. The van der Waals surface area contributed by atoms with Gasteiger partial charge >= 0.3 is 0 Å². The van der Waals surface area contributed by atoms with E-state index in [0.717, 1.165) is 31.7 Å². The van der Waals surface area contributed by atoms with E-state index in [1.165, 1.54) is 11.1 Å². The van der Waals surface area contributed by atoms with E-state index in [1.807, 2.05) is 18.2 Å². The zero-order valence-corrected chi connectivity index (χ0v) is 17.4. The van der Waals surface area contributed by atoms with Crippen LogP contribution < -0.4 is 10.5 Å². The number of nitrogens with zero attached hydrogens (tertiary/aromatic N) is 1. The van der Waals surface area contributed by atoms with Gasteiger partial charge < -0.3 is 20.5 Å². The van der Waals surface area contributed by atoms with Crippen LogP contribution in [-0.4, -0.2) is 48.3 Å². The molecule has 0 aromatic heterocycles. The predicted octanol–water partition coefficient (Wildman–Crippen LogP) is 2.95. The van der Waals surface area contributed by atoms with Gasteiger partial charge in [-0.1, -0.05) is 56.3 Å². The van der Waals surface area contributed by atoms with Gasteiger partial charge in [-0.2, -0.15) is 0 Å². The fourth-order valence-electron chi connectivity index (χ4n) is 3.93. The van der Waals surface area contributed by atoms with Gasteiger partial charge in [-0.3, -0.25) is 4.79 Å². The minimum atomic E-state index is -0.569. The van der Waals surface area contributed by atoms with Crippen molar-refractivity contribution < 1.29 is 14.6 Å². The van der Waals surface area contributed by atoms with Crippen molar-refractivity contribution in [3.63, 3.8) is 0 Å². The average molecular weight is 397 g/mol. The fourth-order valence-corrected chi connectivity index (χ4v) is 3.93. The number of hydrogen-bond donors (Lipinski definition) is 2. The van der Waals surface area contributed by atoms with E-state index in [2.05, 4.69) is 55.1 Å². The fraction of sp³-hybridized carbons (Fsp3) is 0.458. The maximum atomic E-state index is 11.2. The van der Waals surface area contributed by atoms with Gasteiger partial charge in [-0.05, 0) is 49.2 Å². The van der Waals surface area contributed by atoms with Gasteiger partial charge in [0.2, 0.25) is 5.91 Å². The number of aliphatic hydroxyl groups excluding tert-OH is 1. The van der Waals surface area contributed by atoms with E-state index >= 15 is 0 Å². The molecule has 156 valence electrons. The zero-order valence-electron chi connectivity index (χ0n) is 17.4. The van der Waals surface area contributed by atoms with Crippen LogP contribution in [0.5, 0.6) is 5.75 Å². The topological polar surface area (TPSA) is 75.8 Å². The van der Waals surface area contributed by atoms with Crippen LogP contribution in [0.2, 0.25) is 0 Å². The molecule has 1 fully saturated rings. The number of amides is 1. The van der Waals surface area contributed by atoms with Crippen LogP contribution in [-0.2, 0) is 10.2 Å². The lowest BCUT2D eigenvalue weighted by Gasteiger charge is -2.31. The third kappa shape index (κ3) is 5.58. The quantitative estimate of drug-likeness (QED) is 0.719. The Morgan fingerprint density at radius 2 is 1.69 bits per heavy atom. The molecule has 1 aliphatic heterocycles. The maximum absolute atomic E-state index is 11.2. The number of carbonyl (C=O) groups excluding carboxylic acids is 1. The molecule has 2 aromatic rings. The lowest BCUT2D eigenvalue weighted by Crippen LogP contribution is -2.43. The molecule has 2 aromatic carbocycles. The molecule has 5 heteroatoms. The summed E-state index contributed by atoms with van der Waals surface area (Å²) in [6.07, 6.45) is 0.962. The van der Waals surface area contributed by atoms with Crippen molar-refractivity contribution in [2.45, 2.75) is 38.2 Å². The molecule has 0 bridgehead atoms. The van der Waals surface area contributed by atoms with Crippen LogP contribution in [0.15, 0.2) is 54.6 Å². The van der Waals surface area contributed by atoms with Gasteiger partial charge in [0.15, 0.2) is 0 Å². The lowest BCUT2D eigenvalue weighted by atomic mass is 9.78. The molecule has 1 amide bonds. The first-order valence-electron chi connectivity index (χ1n) is 10.3. The Kier molecular flexibility index (Phi) is 6.93. The van der Waals surface area contributed by atoms with Gasteiger partial charge in [-0.25, -0.2) is 0 Å². The molecule has 1 heterocycles. The van der Waals surface area contributed by atoms with Crippen molar-refractivity contribution in [3.05, 3.63) is 65.7 Å². The van der Waals surface area contributed by atoms with Gasteiger partial charge in [0, 0.05) is 17.9 Å². The van der Waals surface area contributed by atoms with Crippen molar-refractivity contribution in [1.82, 2.24) is 4.90 Å². The minimum Gasteiger partial charge on any atom is -0.491 e. The zero-order chi connectivity index (χ0) is 20.9. The Balaban J connectivity index is 1.48. The minimum absolute atomic E-state index is 0.0294. The SMILES string of the molecule is CC(C)(c1ccccc1)c1ccc(OCC(O)CN2CCC(C(N)=O)CC2)cc1. The Bertz CT molecular complexity index is 782. The van der Waals surface area contributed by atoms with E-state index in [1.54, 1.807) is 0 Å². The van der Waals surface area contributed by atoms with Gasteiger partial charge in [0.1, 0.15) is 18.5 Å². The van der Waals surface area contributed by atoms with E-state index in [0.29, 0.717) is 6.54 Å². The van der Waals surface area contributed by atoms with Crippen molar-refractivity contribution >= 4 is 5.91 Å². The number of carbonyl (C=O) groups is 1. The monoisotopic (exact) mass is 396 g/mol. The van der Waals surface area contributed by atoms with Gasteiger partial charge in [-0.15, -0.1) is 0 Å². The average Bonchev–Trinajstić information content (AvgIpc) is 2.73. The van der Waals surface area contributed by atoms with E-state index in [9.17, 15) is 9.90 Å². The molecule has 0 saturated carbocycles. The summed E-state index contributed by atoms with van der Waals surface area (Å²) in [5.74, 6) is 0.509. The van der Waals surface area contributed by atoms with Crippen molar-refractivity contribution in [2.24, 2.45) is 11.7 Å². The smallest absolute Gasteiger partial charge is 0.220 e. The highest BCUT2D eigenvalue weighted by atomic mass is 16.5. The largest absolute Gasteiger partial charge is 0.491 e. The molecule has 3 rings (SSSR count). The van der Waals surface area contributed by atoms with Crippen LogP contribution >= 0.6 is 0 Å². The number of rotatable bonds is 8. The summed E-state index contributed by atoms with van der Waals surface area (Å²) in [5, 5.41) is 10.3. The third-order valence-corrected chi connectivity index (χ3v) is 5.97. The molecule has 1 atom stereocenters. The summed E-state index contributed by atoms with van der Waals surface area (Å²) >= 11 is 0. The van der Waals surface area contributed by atoms with E-state index in [4.69, 9.17) is 10.5 Å². The summed E-state index contributed by atoms with van der Waals surface area (Å²) < 4.78 is 5.79. The summed E-state index contributed by atoms with van der Waals surface area (Å²) in [4.78, 5) is 13.4. The number of aliphatic hydroxyl groups is 1. The molecule has 1 aliphatic rings. The molecular formula is C24H32N2O3. The number of primary amides is 1. The normalized spacial score (nSPS) is 17.1. The second kappa shape index (κ2) is 9.42. The van der Waals surface area contributed by atoms with Crippen LogP contribution in [0.1, 0.15) is 37.8 Å². The van der Waals surface area contributed by atoms with Crippen molar-refractivity contribution in [3.8, 4) is 5.75 Å². The van der Waals surface area contributed by atoms with Gasteiger partial charge in [0.25, 0.3) is 0 Å². The molecule has 0 aliphatic carbocycles. The van der Waals surface area contributed by atoms with E-state index in [-0.39, 0.29) is 23.8 Å². The molecule has 29 heavy (non-hydrogen) atoms. The molecule has 0 spiro atoms. The summed E-state index contributed by atoms with van der Waals surface area (Å²) in [7, 11) is 0. The lowest BCUT2D eigenvalue weighted by molar-refractivity contribution is -0.123. The highest BCUT2D eigenvalue weighted by Gasteiger charge is 2.25. The highest BCUT2D eigenvalue weighted by molar-refractivity contribution is 5.76. The number of piperidine rings is 1. The van der Waals surface area contributed by atoms with Gasteiger partial charge in [0.05, 0.1) is 0 Å². The Morgan fingerprint density at radius 1 is 1.10 bits per heavy atom. The second-order valence-corrected chi connectivity index (χ2v) is 8.46. The maximum Gasteiger partial charge on any atom is 0.220 e. The Hall–Kier alpha value is -2.37. The molecular weight excluding hydrogens is 364 g/mol. The molecule has 0 radical (unpaired) electrons. The highest BCUT2D eigenvalue weighted by Crippen LogP contribution is 2.32. The standard InChI is InChI=1S/C24H32N2O3/c1-24(2,19-6-4-3-5-7-19)20-8-10-22(11-9-20)29-17-21(27)16-26-14-12-18(13-15-26)23(25)28/h3-11,18,21,27H,12-17H2,1-2H3,(H2,25,28). The summed E-state index contributed by atoms with van der Waals surface area (Å²) in [5.41, 5.74) is 7.77. The van der Waals surface area contributed by atoms with E-state index < -0.39 is 6.10 Å².